The van der Waals surface area contributed by atoms with Crippen molar-refractivity contribution < 1.29 is 19.0 Å². The lowest BCUT2D eigenvalue weighted by atomic mass is 9.82. The molecule has 0 bridgehead atoms. The topological polar surface area (TPSA) is 50.7 Å². The van der Waals surface area contributed by atoms with Gasteiger partial charge in [0.2, 0.25) is 0 Å². The Kier molecular flexibility index (Phi) is 5.14. The highest BCUT2D eigenvalue weighted by atomic mass is 35.5. The van der Waals surface area contributed by atoms with Crippen molar-refractivity contribution in [3.63, 3.8) is 0 Å². The summed E-state index contributed by atoms with van der Waals surface area (Å²) in [6, 6.07) is 10.5. The molecule has 2 aliphatic rings. The van der Waals surface area contributed by atoms with Gasteiger partial charge in [-0.25, -0.2) is 4.39 Å². The number of benzene rings is 3. The molecule has 0 saturated carbocycles. The molecule has 34 heavy (non-hydrogen) atoms. The van der Waals surface area contributed by atoms with E-state index in [1.807, 2.05) is 12.1 Å². The van der Waals surface area contributed by atoms with Gasteiger partial charge in [-0.3, -0.25) is 0 Å². The van der Waals surface area contributed by atoms with Gasteiger partial charge in [0.15, 0.2) is 11.5 Å². The number of allylic oxidation sites excluding steroid dienone is 1. The highest BCUT2D eigenvalue weighted by molar-refractivity contribution is 6.32. The van der Waals surface area contributed by atoms with Gasteiger partial charge < -0.3 is 19.9 Å². The Morgan fingerprint density at radius 3 is 2.56 bits per heavy atom. The zero-order chi connectivity index (χ0) is 24.4. The molecule has 2 aliphatic heterocycles. The predicted molar refractivity (Wildman–Crippen MR) is 136 cm³/mol. The van der Waals surface area contributed by atoms with Crippen LogP contribution in [-0.4, -0.2) is 17.8 Å². The standard InChI is InChI=1S/C28H25ClFNO3/c1-14-6-8-18(29)17(26(14)30)12-22-24-16(25-21(34-22)11-10-20(32)27(25)33-5)7-9-19-23(24)15(2)13-28(3,4)31-19/h6-13,31-32H,1-5H3/b22-12-. The molecule has 0 amide bonds. The molecule has 0 spiro atoms. The Bertz CT molecular complexity index is 1420. The second-order valence-corrected chi connectivity index (χ2v) is 9.69. The van der Waals surface area contributed by atoms with Crippen LogP contribution in [0.1, 0.15) is 43.0 Å². The molecule has 0 saturated heterocycles. The summed E-state index contributed by atoms with van der Waals surface area (Å²) in [4.78, 5) is 0. The predicted octanol–water partition coefficient (Wildman–Crippen LogP) is 7.67. The molecule has 0 fully saturated rings. The number of hydrogen-bond donors (Lipinski definition) is 2. The van der Waals surface area contributed by atoms with Crippen LogP contribution in [0.4, 0.5) is 10.1 Å². The van der Waals surface area contributed by atoms with Gasteiger partial charge in [0.05, 0.1) is 23.2 Å². The number of halogens is 2. The minimum atomic E-state index is -0.393. The first kappa shape index (κ1) is 22.4. The largest absolute Gasteiger partial charge is 0.504 e. The van der Waals surface area contributed by atoms with Gasteiger partial charge in [-0.2, -0.15) is 0 Å². The zero-order valence-electron chi connectivity index (χ0n) is 19.6. The van der Waals surface area contributed by atoms with Crippen LogP contribution in [-0.2, 0) is 0 Å². The third kappa shape index (κ3) is 3.43. The van der Waals surface area contributed by atoms with Crippen LogP contribution in [0.5, 0.6) is 17.2 Å². The van der Waals surface area contributed by atoms with Gasteiger partial charge in [0.1, 0.15) is 17.3 Å². The summed E-state index contributed by atoms with van der Waals surface area (Å²) in [6.45, 7) is 7.95. The molecule has 6 heteroatoms. The first-order valence-corrected chi connectivity index (χ1v) is 11.4. The molecule has 4 nitrogen and oxygen atoms in total. The van der Waals surface area contributed by atoms with Crippen molar-refractivity contribution in [3.8, 4) is 28.4 Å². The van der Waals surface area contributed by atoms with Gasteiger partial charge >= 0.3 is 0 Å². The monoisotopic (exact) mass is 477 g/mol. The number of aromatic hydroxyl groups is 1. The number of nitrogens with one attached hydrogen (secondary N) is 1. The van der Waals surface area contributed by atoms with E-state index in [2.05, 4.69) is 32.2 Å². The summed E-state index contributed by atoms with van der Waals surface area (Å²) in [5.74, 6) is 0.912. The molecule has 3 aromatic rings. The van der Waals surface area contributed by atoms with Crippen LogP contribution >= 0.6 is 11.6 Å². The summed E-state index contributed by atoms with van der Waals surface area (Å²) in [5.41, 5.74) is 5.72. The molecular formula is C28H25ClFNO3. The number of methoxy groups -OCH3 is 1. The second-order valence-electron chi connectivity index (χ2n) is 9.28. The maximum atomic E-state index is 15.1. The van der Waals surface area contributed by atoms with E-state index < -0.39 is 5.82 Å². The number of fused-ring (bicyclic) bond motifs is 5. The van der Waals surface area contributed by atoms with E-state index in [4.69, 9.17) is 21.1 Å². The third-order valence-electron chi connectivity index (χ3n) is 6.27. The normalized spacial score (nSPS) is 16.6. The molecule has 0 aliphatic carbocycles. The fourth-order valence-electron chi connectivity index (χ4n) is 4.89. The Labute approximate surface area is 203 Å². The lowest BCUT2D eigenvalue weighted by molar-refractivity contribution is 0.371. The molecule has 0 atom stereocenters. The Morgan fingerprint density at radius 1 is 1.06 bits per heavy atom. The van der Waals surface area contributed by atoms with Crippen LogP contribution in [0, 0.1) is 12.7 Å². The van der Waals surface area contributed by atoms with Crippen molar-refractivity contribution in [1.82, 2.24) is 0 Å². The van der Waals surface area contributed by atoms with E-state index in [1.54, 1.807) is 31.2 Å². The molecule has 3 aromatic carbocycles. The van der Waals surface area contributed by atoms with Crippen molar-refractivity contribution in [2.24, 2.45) is 0 Å². The Hall–Kier alpha value is -3.44. The van der Waals surface area contributed by atoms with Gasteiger partial charge in [0.25, 0.3) is 0 Å². The van der Waals surface area contributed by atoms with Crippen LogP contribution in [0.3, 0.4) is 0 Å². The number of ether oxygens (including phenoxy) is 2. The number of aryl methyl sites for hydroxylation is 1. The summed E-state index contributed by atoms with van der Waals surface area (Å²) in [7, 11) is 1.51. The second kappa shape index (κ2) is 7.81. The van der Waals surface area contributed by atoms with Gasteiger partial charge in [0, 0.05) is 27.9 Å². The number of phenols is 1. The zero-order valence-corrected chi connectivity index (χ0v) is 20.4. The smallest absolute Gasteiger partial charge is 0.172 e. The van der Waals surface area contributed by atoms with Crippen molar-refractivity contribution in [1.29, 1.82) is 0 Å². The molecule has 0 unspecified atom stereocenters. The summed E-state index contributed by atoms with van der Waals surface area (Å²) < 4.78 is 27.0. The van der Waals surface area contributed by atoms with E-state index >= 15 is 4.39 Å². The number of rotatable bonds is 2. The van der Waals surface area contributed by atoms with Crippen molar-refractivity contribution >= 4 is 34.7 Å². The molecule has 0 radical (unpaired) electrons. The van der Waals surface area contributed by atoms with E-state index in [0.29, 0.717) is 33.4 Å². The molecule has 2 N–H and O–H groups in total. The van der Waals surface area contributed by atoms with Gasteiger partial charge in [-0.15, -0.1) is 0 Å². The fraction of sp³-hybridized carbons (Fsp3) is 0.214. The van der Waals surface area contributed by atoms with Crippen molar-refractivity contribution in [2.75, 3.05) is 12.4 Å². The molecule has 5 rings (SSSR count). The van der Waals surface area contributed by atoms with Gasteiger partial charge in [-0.05, 0) is 69.2 Å². The average Bonchev–Trinajstić information content (AvgIpc) is 2.78. The SMILES string of the molecule is COc1c(O)ccc2c1-c1ccc3c(c1/C(=C/c1c(Cl)ccc(C)c1F)O2)C(C)=CC(C)(C)N3. The van der Waals surface area contributed by atoms with E-state index in [1.165, 1.54) is 13.2 Å². The van der Waals surface area contributed by atoms with E-state index in [0.717, 1.165) is 28.0 Å². The quantitative estimate of drug-likeness (QED) is 0.397. The van der Waals surface area contributed by atoms with Crippen molar-refractivity contribution in [2.45, 2.75) is 33.2 Å². The molecular weight excluding hydrogens is 453 g/mol. The third-order valence-corrected chi connectivity index (χ3v) is 6.60. The van der Waals surface area contributed by atoms with Gasteiger partial charge in [-0.1, -0.05) is 29.8 Å². The first-order valence-electron chi connectivity index (χ1n) is 11.0. The van der Waals surface area contributed by atoms with Crippen LogP contribution in [0.15, 0.2) is 42.5 Å². The summed E-state index contributed by atoms with van der Waals surface area (Å²) >= 11 is 6.41. The lowest BCUT2D eigenvalue weighted by Crippen LogP contribution is -2.32. The molecule has 174 valence electrons. The molecule has 2 heterocycles. The van der Waals surface area contributed by atoms with E-state index in [9.17, 15) is 5.11 Å². The van der Waals surface area contributed by atoms with Crippen molar-refractivity contribution in [3.05, 3.63) is 75.6 Å². The Balaban J connectivity index is 1.87. The lowest BCUT2D eigenvalue weighted by Gasteiger charge is -2.35. The maximum Gasteiger partial charge on any atom is 0.172 e. The summed E-state index contributed by atoms with van der Waals surface area (Å²) in [5, 5.41) is 14.3. The highest BCUT2D eigenvalue weighted by Crippen LogP contribution is 2.54. The summed E-state index contributed by atoms with van der Waals surface area (Å²) in [6.07, 6.45) is 3.81. The van der Waals surface area contributed by atoms with E-state index in [-0.39, 0.29) is 16.9 Å². The Morgan fingerprint density at radius 2 is 1.82 bits per heavy atom. The molecule has 0 aromatic heterocycles. The first-order chi connectivity index (χ1) is 16.1. The minimum Gasteiger partial charge on any atom is -0.504 e. The van der Waals surface area contributed by atoms with Crippen LogP contribution in [0.25, 0.3) is 28.5 Å². The highest BCUT2D eigenvalue weighted by Gasteiger charge is 2.33. The number of phenolic OH excluding ortho intramolecular Hbond substituents is 1. The van der Waals surface area contributed by atoms with Crippen LogP contribution in [0.2, 0.25) is 5.02 Å². The number of anilines is 1. The number of hydrogen-bond acceptors (Lipinski definition) is 4. The minimum absolute atomic E-state index is 0.0141. The fourth-order valence-corrected chi connectivity index (χ4v) is 5.09. The average molecular weight is 478 g/mol. The maximum absolute atomic E-state index is 15.1. The van der Waals surface area contributed by atoms with Crippen LogP contribution < -0.4 is 14.8 Å².